The zero-order valence-electron chi connectivity index (χ0n) is 6.58. The predicted octanol–water partition coefficient (Wildman–Crippen LogP) is 1.92. The van der Waals surface area contributed by atoms with E-state index in [2.05, 4.69) is 11.9 Å². The van der Waals surface area contributed by atoms with Gasteiger partial charge in [-0.3, -0.25) is 4.98 Å². The molecule has 0 aliphatic heterocycles. The van der Waals surface area contributed by atoms with Crippen LogP contribution < -0.4 is 5.73 Å². The van der Waals surface area contributed by atoms with Gasteiger partial charge >= 0.3 is 0 Å². The summed E-state index contributed by atoms with van der Waals surface area (Å²) in [5, 5.41) is 0. The second-order valence-corrected chi connectivity index (χ2v) is 3.45. The summed E-state index contributed by atoms with van der Waals surface area (Å²) in [5.41, 5.74) is 7.48. The molecule has 0 aromatic carbocycles. The van der Waals surface area contributed by atoms with Crippen molar-refractivity contribution in [3.05, 3.63) is 24.0 Å². The molecular formula is C8H12N2S. The molecule has 60 valence electrons. The van der Waals surface area contributed by atoms with E-state index < -0.39 is 0 Å². The molecule has 0 aliphatic carbocycles. The Labute approximate surface area is 71.2 Å². The van der Waals surface area contributed by atoms with Crippen LogP contribution in [0.2, 0.25) is 0 Å². The van der Waals surface area contributed by atoms with E-state index in [-0.39, 0.29) is 0 Å². The predicted molar refractivity (Wildman–Crippen MR) is 50.5 cm³/mol. The number of anilines is 1. The lowest BCUT2D eigenvalue weighted by molar-refractivity contribution is 1.18. The number of nitrogen functional groups attached to an aromatic ring is 1. The van der Waals surface area contributed by atoms with Gasteiger partial charge in [0.15, 0.2) is 0 Å². The van der Waals surface area contributed by atoms with Crippen LogP contribution >= 0.6 is 11.8 Å². The maximum absolute atomic E-state index is 5.69. The Morgan fingerprint density at radius 2 is 2.45 bits per heavy atom. The topological polar surface area (TPSA) is 38.9 Å². The molecule has 11 heavy (non-hydrogen) atoms. The number of nitrogens with two attached hydrogens (primary N) is 1. The third kappa shape index (κ3) is 2.42. The smallest absolute Gasteiger partial charge is 0.0731 e. The molecular weight excluding hydrogens is 156 g/mol. The average Bonchev–Trinajstić information content (AvgIpc) is 2.03. The van der Waals surface area contributed by atoms with Crippen molar-refractivity contribution < 1.29 is 0 Å². The summed E-state index contributed by atoms with van der Waals surface area (Å²) < 4.78 is 0. The molecule has 2 N–H and O–H groups in total. The van der Waals surface area contributed by atoms with Gasteiger partial charge in [-0.1, -0.05) is 6.92 Å². The molecule has 0 fully saturated rings. The number of aromatic nitrogens is 1. The molecule has 1 rings (SSSR count). The normalized spacial score (nSPS) is 9.91. The van der Waals surface area contributed by atoms with Gasteiger partial charge in [0.2, 0.25) is 0 Å². The molecule has 0 amide bonds. The van der Waals surface area contributed by atoms with E-state index in [1.807, 2.05) is 23.9 Å². The molecule has 0 saturated heterocycles. The van der Waals surface area contributed by atoms with Crippen LogP contribution in [0, 0.1) is 0 Å². The molecule has 0 bridgehead atoms. The number of hydrogen-bond acceptors (Lipinski definition) is 3. The Bertz CT molecular complexity index is 225. The van der Waals surface area contributed by atoms with Gasteiger partial charge in [0.1, 0.15) is 0 Å². The lowest BCUT2D eigenvalue weighted by Gasteiger charge is -2.01. The van der Waals surface area contributed by atoms with Crippen molar-refractivity contribution in [2.75, 3.05) is 11.5 Å². The van der Waals surface area contributed by atoms with Crippen LogP contribution in [0.3, 0.4) is 0 Å². The van der Waals surface area contributed by atoms with Crippen molar-refractivity contribution in [3.8, 4) is 0 Å². The lowest BCUT2D eigenvalue weighted by Crippen LogP contribution is -1.95. The first kappa shape index (κ1) is 8.40. The van der Waals surface area contributed by atoms with Crippen LogP contribution in [0.15, 0.2) is 18.3 Å². The van der Waals surface area contributed by atoms with E-state index in [0.717, 1.165) is 22.9 Å². The Morgan fingerprint density at radius 1 is 1.64 bits per heavy atom. The summed E-state index contributed by atoms with van der Waals surface area (Å²) >= 11 is 1.83. The van der Waals surface area contributed by atoms with E-state index in [4.69, 9.17) is 5.73 Å². The zero-order chi connectivity index (χ0) is 8.10. The second kappa shape index (κ2) is 4.23. The fraction of sp³-hybridized carbons (Fsp3) is 0.375. The maximum atomic E-state index is 5.69. The fourth-order valence-electron chi connectivity index (χ4n) is 0.770. The standard InChI is InChI=1S/C8H12N2S/c1-2-11-6-8-7(9)4-3-5-10-8/h3-5H,2,6,9H2,1H3. The molecule has 1 aromatic heterocycles. The zero-order valence-corrected chi connectivity index (χ0v) is 7.40. The van der Waals surface area contributed by atoms with E-state index in [1.165, 1.54) is 0 Å². The quantitative estimate of drug-likeness (QED) is 0.749. The van der Waals surface area contributed by atoms with Crippen LogP contribution in [-0.2, 0) is 5.75 Å². The van der Waals surface area contributed by atoms with Gasteiger partial charge in [0, 0.05) is 11.9 Å². The Hall–Kier alpha value is -0.700. The van der Waals surface area contributed by atoms with Gasteiger partial charge in [-0.05, 0) is 17.9 Å². The van der Waals surface area contributed by atoms with Crippen molar-refractivity contribution in [1.29, 1.82) is 0 Å². The third-order valence-corrected chi connectivity index (χ3v) is 2.25. The molecule has 0 atom stereocenters. The van der Waals surface area contributed by atoms with E-state index in [9.17, 15) is 0 Å². The largest absolute Gasteiger partial charge is 0.397 e. The fourth-order valence-corrected chi connectivity index (χ4v) is 1.41. The van der Waals surface area contributed by atoms with Gasteiger partial charge in [-0.15, -0.1) is 0 Å². The minimum Gasteiger partial charge on any atom is -0.397 e. The number of rotatable bonds is 3. The summed E-state index contributed by atoms with van der Waals surface area (Å²) in [6.07, 6.45) is 1.78. The number of thioether (sulfide) groups is 1. The first-order valence-corrected chi connectivity index (χ1v) is 4.77. The summed E-state index contributed by atoms with van der Waals surface area (Å²) in [4.78, 5) is 4.17. The van der Waals surface area contributed by atoms with Gasteiger partial charge in [-0.2, -0.15) is 11.8 Å². The van der Waals surface area contributed by atoms with Crippen LogP contribution in [0.25, 0.3) is 0 Å². The lowest BCUT2D eigenvalue weighted by atomic mass is 10.3. The van der Waals surface area contributed by atoms with Gasteiger partial charge < -0.3 is 5.73 Å². The van der Waals surface area contributed by atoms with Gasteiger partial charge in [0.05, 0.1) is 11.4 Å². The SMILES string of the molecule is CCSCc1ncccc1N. The van der Waals surface area contributed by atoms with E-state index in [1.54, 1.807) is 6.20 Å². The van der Waals surface area contributed by atoms with E-state index >= 15 is 0 Å². The van der Waals surface area contributed by atoms with Crippen LogP contribution in [0.1, 0.15) is 12.6 Å². The molecule has 3 heteroatoms. The monoisotopic (exact) mass is 168 g/mol. The molecule has 0 aliphatic rings. The van der Waals surface area contributed by atoms with Crippen LogP contribution in [0.4, 0.5) is 5.69 Å². The van der Waals surface area contributed by atoms with Crippen LogP contribution in [0.5, 0.6) is 0 Å². The Morgan fingerprint density at radius 3 is 3.09 bits per heavy atom. The summed E-state index contributed by atoms with van der Waals surface area (Å²) in [7, 11) is 0. The minimum absolute atomic E-state index is 0.799. The Balaban J connectivity index is 2.62. The highest BCUT2D eigenvalue weighted by atomic mass is 32.2. The minimum atomic E-state index is 0.799. The highest BCUT2D eigenvalue weighted by Crippen LogP contribution is 2.14. The van der Waals surface area contributed by atoms with Gasteiger partial charge in [0.25, 0.3) is 0 Å². The maximum Gasteiger partial charge on any atom is 0.0731 e. The van der Waals surface area contributed by atoms with Crippen LogP contribution in [-0.4, -0.2) is 10.7 Å². The van der Waals surface area contributed by atoms with Crippen molar-refractivity contribution in [2.24, 2.45) is 0 Å². The molecule has 1 aromatic rings. The molecule has 0 unspecified atom stereocenters. The highest BCUT2D eigenvalue weighted by molar-refractivity contribution is 7.98. The van der Waals surface area contributed by atoms with Crippen molar-refractivity contribution in [3.63, 3.8) is 0 Å². The van der Waals surface area contributed by atoms with Gasteiger partial charge in [-0.25, -0.2) is 0 Å². The first-order chi connectivity index (χ1) is 5.34. The van der Waals surface area contributed by atoms with Crippen molar-refractivity contribution in [2.45, 2.75) is 12.7 Å². The summed E-state index contributed by atoms with van der Waals surface area (Å²) in [6, 6.07) is 3.74. The highest BCUT2D eigenvalue weighted by Gasteiger charge is 1.96. The summed E-state index contributed by atoms with van der Waals surface area (Å²) in [6.45, 7) is 2.13. The number of nitrogens with zero attached hydrogens (tertiary/aromatic N) is 1. The molecule has 0 saturated carbocycles. The Kier molecular flexibility index (Phi) is 3.23. The molecule has 0 radical (unpaired) electrons. The number of hydrogen-bond donors (Lipinski definition) is 1. The molecule has 0 spiro atoms. The summed E-state index contributed by atoms with van der Waals surface area (Å²) in [5.74, 6) is 2.03. The average molecular weight is 168 g/mol. The molecule has 2 nitrogen and oxygen atoms in total. The van der Waals surface area contributed by atoms with E-state index in [0.29, 0.717) is 0 Å². The number of pyridine rings is 1. The third-order valence-electron chi connectivity index (χ3n) is 1.37. The van der Waals surface area contributed by atoms with Crippen molar-refractivity contribution >= 4 is 17.4 Å². The molecule has 1 heterocycles. The van der Waals surface area contributed by atoms with Crippen molar-refractivity contribution in [1.82, 2.24) is 4.98 Å². The second-order valence-electron chi connectivity index (χ2n) is 2.18. The first-order valence-electron chi connectivity index (χ1n) is 3.61.